The zero-order chi connectivity index (χ0) is 14.7. The summed E-state index contributed by atoms with van der Waals surface area (Å²) >= 11 is 1.41. The summed E-state index contributed by atoms with van der Waals surface area (Å²) in [5, 5.41) is 17.6. The molecule has 1 fully saturated rings. The van der Waals surface area contributed by atoms with E-state index in [-0.39, 0.29) is 11.7 Å². The molecule has 0 saturated carbocycles. The molecule has 7 nitrogen and oxygen atoms in total. The third-order valence-electron chi connectivity index (χ3n) is 3.19. The van der Waals surface area contributed by atoms with E-state index in [1.807, 2.05) is 0 Å². The summed E-state index contributed by atoms with van der Waals surface area (Å²) in [7, 11) is 0. The fourth-order valence-electron chi connectivity index (χ4n) is 2.09. The smallest absolute Gasteiger partial charge is 0.271 e. The van der Waals surface area contributed by atoms with Gasteiger partial charge in [0, 0.05) is 5.38 Å². The van der Waals surface area contributed by atoms with Gasteiger partial charge in [0.25, 0.3) is 5.91 Å². The van der Waals surface area contributed by atoms with E-state index in [2.05, 4.69) is 15.6 Å². The second-order valence-corrected chi connectivity index (χ2v) is 5.70. The van der Waals surface area contributed by atoms with Crippen molar-refractivity contribution in [3.05, 3.63) is 16.1 Å². The van der Waals surface area contributed by atoms with Crippen molar-refractivity contribution in [2.45, 2.75) is 38.0 Å². The lowest BCUT2D eigenvalue weighted by molar-refractivity contribution is -0.122. The van der Waals surface area contributed by atoms with E-state index in [1.165, 1.54) is 18.3 Å². The quantitative estimate of drug-likeness (QED) is 0.586. The molecule has 0 radical (unpaired) electrons. The second kappa shape index (κ2) is 6.29. The zero-order valence-corrected chi connectivity index (χ0v) is 11.9. The maximum Gasteiger partial charge on any atom is 0.271 e. The van der Waals surface area contributed by atoms with Gasteiger partial charge >= 0.3 is 0 Å². The van der Waals surface area contributed by atoms with Crippen LogP contribution in [0, 0.1) is 0 Å². The van der Waals surface area contributed by atoms with Crippen LogP contribution in [-0.4, -0.2) is 40.6 Å². The highest BCUT2D eigenvalue weighted by atomic mass is 32.1. The minimum Gasteiger partial charge on any atom is -0.391 e. The predicted octanol–water partition coefficient (Wildman–Crippen LogP) is -0.468. The Kier molecular flexibility index (Phi) is 4.69. The molecule has 1 aromatic heterocycles. The van der Waals surface area contributed by atoms with Gasteiger partial charge in [-0.05, 0) is 26.3 Å². The van der Waals surface area contributed by atoms with Gasteiger partial charge in [0.2, 0.25) is 5.91 Å². The number of aliphatic hydroxyl groups is 1. The van der Waals surface area contributed by atoms with E-state index >= 15 is 0 Å². The first-order valence-electron chi connectivity index (χ1n) is 6.46. The number of nitrogens with zero attached hydrogens (tertiary/aromatic N) is 1. The first-order valence-corrected chi connectivity index (χ1v) is 7.34. The predicted molar refractivity (Wildman–Crippen MR) is 74.2 cm³/mol. The van der Waals surface area contributed by atoms with Crippen LogP contribution >= 0.6 is 11.3 Å². The molecule has 110 valence electrons. The molecule has 0 bridgehead atoms. The van der Waals surface area contributed by atoms with Crippen LogP contribution in [0.3, 0.4) is 0 Å². The summed E-state index contributed by atoms with van der Waals surface area (Å²) in [6.45, 7) is 2.35. The number of aliphatic hydroxyl groups excluding tert-OH is 1. The summed E-state index contributed by atoms with van der Waals surface area (Å²) in [6, 6.07) is -0.914. The van der Waals surface area contributed by atoms with Crippen molar-refractivity contribution in [3.63, 3.8) is 0 Å². The van der Waals surface area contributed by atoms with Crippen molar-refractivity contribution in [3.8, 4) is 0 Å². The highest BCUT2D eigenvalue weighted by molar-refractivity contribution is 7.09. The van der Waals surface area contributed by atoms with E-state index in [1.54, 1.807) is 5.38 Å². The van der Waals surface area contributed by atoms with Crippen molar-refractivity contribution < 1.29 is 14.7 Å². The standard InChI is InChI=1S/C12H18N4O3S/c1-6(17)9(10(13)18)16-11(19)8-5-20-12(15-8)7-3-2-4-14-7/h5-7,9,14,17H,2-4H2,1H3,(H2,13,18)(H,16,19). The Morgan fingerprint density at radius 2 is 2.40 bits per heavy atom. The van der Waals surface area contributed by atoms with Gasteiger partial charge in [-0.1, -0.05) is 0 Å². The molecule has 2 rings (SSSR count). The maximum absolute atomic E-state index is 12.0. The Morgan fingerprint density at radius 1 is 1.65 bits per heavy atom. The Morgan fingerprint density at radius 3 is 2.95 bits per heavy atom. The number of aromatic nitrogens is 1. The van der Waals surface area contributed by atoms with E-state index < -0.39 is 24.0 Å². The molecule has 3 unspecified atom stereocenters. The molecule has 8 heteroatoms. The van der Waals surface area contributed by atoms with E-state index in [4.69, 9.17) is 5.73 Å². The molecule has 1 aromatic rings. The van der Waals surface area contributed by atoms with Crippen LogP contribution in [0.4, 0.5) is 0 Å². The topological polar surface area (TPSA) is 117 Å². The number of hydrogen-bond donors (Lipinski definition) is 4. The van der Waals surface area contributed by atoms with Crippen LogP contribution in [0.2, 0.25) is 0 Å². The minimum atomic E-state index is -1.11. The highest BCUT2D eigenvalue weighted by Crippen LogP contribution is 2.25. The number of hydrogen-bond acceptors (Lipinski definition) is 6. The number of primary amides is 1. The number of rotatable bonds is 5. The Bertz CT molecular complexity index is 497. The summed E-state index contributed by atoms with van der Waals surface area (Å²) < 4.78 is 0. The fraction of sp³-hybridized carbons (Fsp3) is 0.583. The van der Waals surface area contributed by atoms with Crippen LogP contribution in [-0.2, 0) is 4.79 Å². The lowest BCUT2D eigenvalue weighted by atomic mass is 10.1. The van der Waals surface area contributed by atoms with Gasteiger partial charge in [-0.3, -0.25) is 9.59 Å². The first kappa shape index (κ1) is 14.9. The number of nitrogens with two attached hydrogens (primary N) is 1. The summed E-state index contributed by atoms with van der Waals surface area (Å²) in [6.07, 6.45) is 1.05. The van der Waals surface area contributed by atoms with Gasteiger partial charge in [0.15, 0.2) is 0 Å². The minimum absolute atomic E-state index is 0.199. The van der Waals surface area contributed by atoms with Crippen LogP contribution < -0.4 is 16.4 Å². The molecule has 3 atom stereocenters. The van der Waals surface area contributed by atoms with E-state index in [9.17, 15) is 14.7 Å². The molecule has 1 saturated heterocycles. The van der Waals surface area contributed by atoms with Crippen LogP contribution in [0.25, 0.3) is 0 Å². The van der Waals surface area contributed by atoms with Crippen LogP contribution in [0.5, 0.6) is 0 Å². The number of carbonyl (C=O) groups is 2. The van der Waals surface area contributed by atoms with Crippen LogP contribution in [0.15, 0.2) is 5.38 Å². The monoisotopic (exact) mass is 298 g/mol. The van der Waals surface area contributed by atoms with Gasteiger partial charge in [-0.2, -0.15) is 0 Å². The third-order valence-corrected chi connectivity index (χ3v) is 4.15. The molecule has 0 spiro atoms. The number of amides is 2. The maximum atomic E-state index is 12.0. The van der Waals surface area contributed by atoms with Crippen molar-refractivity contribution >= 4 is 23.2 Å². The molecule has 5 N–H and O–H groups in total. The lowest BCUT2D eigenvalue weighted by Gasteiger charge is -2.17. The van der Waals surface area contributed by atoms with Gasteiger partial charge in [0.1, 0.15) is 16.7 Å². The Hall–Kier alpha value is -1.51. The largest absolute Gasteiger partial charge is 0.391 e. The number of thiazole rings is 1. The fourth-order valence-corrected chi connectivity index (χ4v) is 3.00. The molecular weight excluding hydrogens is 280 g/mol. The van der Waals surface area contributed by atoms with Crippen molar-refractivity contribution in [1.29, 1.82) is 0 Å². The molecule has 0 aromatic carbocycles. The van der Waals surface area contributed by atoms with E-state index in [0.717, 1.165) is 24.4 Å². The molecule has 1 aliphatic rings. The average molecular weight is 298 g/mol. The van der Waals surface area contributed by atoms with Gasteiger partial charge in [-0.15, -0.1) is 11.3 Å². The molecule has 2 heterocycles. The average Bonchev–Trinajstić information content (AvgIpc) is 3.04. The summed E-state index contributed by atoms with van der Waals surface area (Å²) in [4.78, 5) is 27.4. The normalized spacial score (nSPS) is 21.4. The van der Waals surface area contributed by atoms with E-state index in [0.29, 0.717) is 0 Å². The van der Waals surface area contributed by atoms with Crippen molar-refractivity contribution in [1.82, 2.24) is 15.6 Å². The Labute approximate surface area is 120 Å². The van der Waals surface area contributed by atoms with Crippen molar-refractivity contribution in [2.75, 3.05) is 6.54 Å². The summed E-state index contributed by atoms with van der Waals surface area (Å²) in [5.41, 5.74) is 5.37. The lowest BCUT2D eigenvalue weighted by Crippen LogP contribution is -2.50. The van der Waals surface area contributed by atoms with Gasteiger partial charge in [0.05, 0.1) is 12.1 Å². The molecule has 0 aliphatic carbocycles. The van der Waals surface area contributed by atoms with Gasteiger partial charge < -0.3 is 21.5 Å². The first-order chi connectivity index (χ1) is 9.49. The molecule has 2 amide bonds. The SMILES string of the molecule is CC(O)C(NC(=O)c1csc(C2CCCN2)n1)C(N)=O. The summed E-state index contributed by atoms with van der Waals surface area (Å²) in [5.74, 6) is -1.28. The molecule has 1 aliphatic heterocycles. The zero-order valence-electron chi connectivity index (χ0n) is 11.1. The Balaban J connectivity index is 2.03. The highest BCUT2D eigenvalue weighted by Gasteiger charge is 2.26. The van der Waals surface area contributed by atoms with Crippen LogP contribution in [0.1, 0.15) is 41.3 Å². The molecule has 20 heavy (non-hydrogen) atoms. The third kappa shape index (κ3) is 3.33. The van der Waals surface area contributed by atoms with Crippen molar-refractivity contribution in [2.24, 2.45) is 5.73 Å². The molecular formula is C12H18N4O3S. The number of carbonyl (C=O) groups excluding carboxylic acids is 2. The number of nitrogens with one attached hydrogen (secondary N) is 2. The second-order valence-electron chi connectivity index (χ2n) is 4.81. The van der Waals surface area contributed by atoms with Gasteiger partial charge in [-0.25, -0.2) is 4.98 Å².